The van der Waals surface area contributed by atoms with Crippen LogP contribution in [0, 0.1) is 0 Å². The van der Waals surface area contributed by atoms with E-state index >= 15 is 0 Å². The highest BCUT2D eigenvalue weighted by Crippen LogP contribution is 2.39. The summed E-state index contributed by atoms with van der Waals surface area (Å²) in [5, 5.41) is 3.27. The summed E-state index contributed by atoms with van der Waals surface area (Å²) in [7, 11) is 0. The molecule has 1 aromatic carbocycles. The molecule has 2 aromatic rings. The first-order valence-electron chi connectivity index (χ1n) is 8.20. The number of hydrogen-bond donors (Lipinski definition) is 2. The van der Waals surface area contributed by atoms with Gasteiger partial charge in [-0.05, 0) is 37.8 Å². The Balaban J connectivity index is 1.80. The third kappa shape index (κ3) is 2.73. The summed E-state index contributed by atoms with van der Waals surface area (Å²) < 4.78 is 0. The number of amides is 1. The first-order chi connectivity index (χ1) is 10.7. The molecular formula is C17H24N4O. The number of H-pyrrole nitrogens is 1. The van der Waals surface area contributed by atoms with Crippen LogP contribution in [0.15, 0.2) is 24.5 Å². The number of aromatic nitrogens is 2. The SMILES string of the molecule is CCCN(CCC)C1(NC(=O)c2cccc3[nH]cnc23)CC1. The van der Waals surface area contributed by atoms with Crippen LogP contribution in [-0.4, -0.2) is 39.5 Å². The van der Waals surface area contributed by atoms with Crippen LogP contribution in [-0.2, 0) is 0 Å². The van der Waals surface area contributed by atoms with Crippen LogP contribution in [0.3, 0.4) is 0 Å². The molecule has 0 bridgehead atoms. The average Bonchev–Trinajstić information content (AvgIpc) is 3.12. The van der Waals surface area contributed by atoms with Crippen molar-refractivity contribution < 1.29 is 4.79 Å². The molecule has 1 amide bonds. The molecule has 1 fully saturated rings. The number of benzene rings is 1. The van der Waals surface area contributed by atoms with E-state index in [0.29, 0.717) is 5.56 Å². The summed E-state index contributed by atoms with van der Waals surface area (Å²) >= 11 is 0. The zero-order valence-electron chi connectivity index (χ0n) is 13.4. The fraction of sp³-hybridized carbons (Fsp3) is 0.529. The lowest BCUT2D eigenvalue weighted by atomic mass is 10.1. The van der Waals surface area contributed by atoms with E-state index in [4.69, 9.17) is 0 Å². The summed E-state index contributed by atoms with van der Waals surface area (Å²) in [6, 6.07) is 5.68. The van der Waals surface area contributed by atoms with E-state index in [9.17, 15) is 4.79 Å². The third-order valence-corrected chi connectivity index (χ3v) is 4.36. The molecule has 118 valence electrons. The van der Waals surface area contributed by atoms with Gasteiger partial charge in [0.2, 0.25) is 0 Å². The van der Waals surface area contributed by atoms with Gasteiger partial charge < -0.3 is 10.3 Å². The zero-order valence-corrected chi connectivity index (χ0v) is 13.4. The molecule has 0 spiro atoms. The lowest BCUT2D eigenvalue weighted by Crippen LogP contribution is -2.51. The van der Waals surface area contributed by atoms with Gasteiger partial charge in [-0.25, -0.2) is 4.98 Å². The van der Waals surface area contributed by atoms with Crippen molar-refractivity contribution in [3.8, 4) is 0 Å². The Bertz CT molecular complexity index is 653. The molecule has 5 heteroatoms. The molecule has 5 nitrogen and oxygen atoms in total. The van der Waals surface area contributed by atoms with Crippen LogP contribution in [0.1, 0.15) is 49.9 Å². The van der Waals surface area contributed by atoms with Crippen molar-refractivity contribution in [3.05, 3.63) is 30.1 Å². The molecule has 1 heterocycles. The van der Waals surface area contributed by atoms with Gasteiger partial charge in [-0.3, -0.25) is 9.69 Å². The number of nitrogens with zero attached hydrogens (tertiary/aromatic N) is 2. The number of rotatable bonds is 7. The van der Waals surface area contributed by atoms with E-state index in [1.54, 1.807) is 6.33 Å². The molecule has 0 saturated heterocycles. The quantitative estimate of drug-likeness (QED) is 0.773. The third-order valence-electron chi connectivity index (χ3n) is 4.36. The molecular weight excluding hydrogens is 276 g/mol. The maximum atomic E-state index is 12.7. The molecule has 1 saturated carbocycles. The second-order valence-electron chi connectivity index (χ2n) is 6.08. The molecule has 1 aliphatic carbocycles. The van der Waals surface area contributed by atoms with Crippen molar-refractivity contribution in [2.75, 3.05) is 13.1 Å². The Kier molecular flexibility index (Phi) is 4.16. The van der Waals surface area contributed by atoms with Gasteiger partial charge >= 0.3 is 0 Å². The van der Waals surface area contributed by atoms with Gasteiger partial charge in [-0.2, -0.15) is 0 Å². The predicted molar refractivity (Wildman–Crippen MR) is 87.7 cm³/mol. The zero-order chi connectivity index (χ0) is 15.6. The Morgan fingerprint density at radius 3 is 2.68 bits per heavy atom. The number of aromatic amines is 1. The maximum Gasteiger partial charge on any atom is 0.254 e. The van der Waals surface area contributed by atoms with Crippen LogP contribution < -0.4 is 5.32 Å². The second-order valence-corrected chi connectivity index (χ2v) is 6.08. The fourth-order valence-electron chi connectivity index (χ4n) is 3.15. The number of nitrogens with one attached hydrogen (secondary N) is 2. The Hall–Kier alpha value is -1.88. The van der Waals surface area contributed by atoms with Crippen molar-refractivity contribution in [1.82, 2.24) is 20.2 Å². The minimum atomic E-state index is -0.137. The van der Waals surface area contributed by atoms with Gasteiger partial charge in [0, 0.05) is 13.1 Å². The Labute approximate surface area is 131 Å². The maximum absolute atomic E-state index is 12.7. The summed E-state index contributed by atoms with van der Waals surface area (Å²) in [6.45, 7) is 6.43. The van der Waals surface area contributed by atoms with E-state index < -0.39 is 0 Å². The number of imidazole rings is 1. The van der Waals surface area contributed by atoms with Gasteiger partial charge in [0.05, 0.1) is 23.1 Å². The minimum absolute atomic E-state index is 0.0209. The molecule has 22 heavy (non-hydrogen) atoms. The second kappa shape index (κ2) is 6.08. The molecule has 0 radical (unpaired) electrons. The van der Waals surface area contributed by atoms with E-state index in [2.05, 4.69) is 34.0 Å². The number of carbonyl (C=O) groups excluding carboxylic acids is 1. The van der Waals surface area contributed by atoms with Gasteiger partial charge in [-0.1, -0.05) is 19.9 Å². The topological polar surface area (TPSA) is 61.0 Å². The van der Waals surface area contributed by atoms with Crippen molar-refractivity contribution in [3.63, 3.8) is 0 Å². The summed E-state index contributed by atoms with van der Waals surface area (Å²) in [6.07, 6.45) is 5.92. The largest absolute Gasteiger partial charge is 0.345 e. The average molecular weight is 300 g/mol. The van der Waals surface area contributed by atoms with E-state index in [-0.39, 0.29) is 11.6 Å². The first kappa shape index (κ1) is 15.0. The van der Waals surface area contributed by atoms with Crippen LogP contribution in [0.4, 0.5) is 0 Å². The van der Waals surface area contributed by atoms with Crippen LogP contribution >= 0.6 is 0 Å². The highest BCUT2D eigenvalue weighted by atomic mass is 16.2. The number of hydrogen-bond acceptors (Lipinski definition) is 3. The number of para-hydroxylation sites is 1. The minimum Gasteiger partial charge on any atom is -0.345 e. The number of carbonyl (C=O) groups is 1. The van der Waals surface area contributed by atoms with Gasteiger partial charge in [0.1, 0.15) is 5.52 Å². The normalized spacial score (nSPS) is 16.1. The fourth-order valence-corrected chi connectivity index (χ4v) is 3.15. The van der Waals surface area contributed by atoms with Crippen LogP contribution in [0.5, 0.6) is 0 Å². The Morgan fingerprint density at radius 1 is 1.32 bits per heavy atom. The Morgan fingerprint density at radius 2 is 2.05 bits per heavy atom. The van der Waals surface area contributed by atoms with E-state index in [1.807, 2.05) is 18.2 Å². The summed E-state index contributed by atoms with van der Waals surface area (Å²) in [4.78, 5) is 22.5. The summed E-state index contributed by atoms with van der Waals surface area (Å²) in [5.41, 5.74) is 2.16. The molecule has 0 aliphatic heterocycles. The molecule has 0 atom stereocenters. The first-order valence-corrected chi connectivity index (χ1v) is 8.20. The predicted octanol–water partition coefficient (Wildman–Crippen LogP) is 2.90. The smallest absolute Gasteiger partial charge is 0.254 e. The lowest BCUT2D eigenvalue weighted by molar-refractivity contribution is 0.0810. The van der Waals surface area contributed by atoms with Gasteiger partial charge in [0.15, 0.2) is 0 Å². The number of fused-ring (bicyclic) bond motifs is 1. The van der Waals surface area contributed by atoms with Crippen LogP contribution in [0.2, 0.25) is 0 Å². The molecule has 1 aliphatic rings. The van der Waals surface area contributed by atoms with Gasteiger partial charge in [0.25, 0.3) is 5.91 Å². The van der Waals surface area contributed by atoms with Gasteiger partial charge in [-0.15, -0.1) is 0 Å². The highest BCUT2D eigenvalue weighted by molar-refractivity contribution is 6.05. The van der Waals surface area contributed by atoms with Crippen molar-refractivity contribution in [1.29, 1.82) is 0 Å². The standard InChI is InChI=1S/C17H24N4O/c1-3-10-21(11-4-2)17(8-9-17)20-16(22)13-6-5-7-14-15(13)19-12-18-14/h5-7,12H,3-4,8-11H2,1-2H3,(H,18,19)(H,20,22). The molecule has 3 rings (SSSR count). The van der Waals surface area contributed by atoms with Crippen molar-refractivity contribution in [2.45, 2.75) is 45.2 Å². The van der Waals surface area contributed by atoms with E-state index in [0.717, 1.165) is 49.8 Å². The molecule has 1 aromatic heterocycles. The molecule has 2 N–H and O–H groups in total. The van der Waals surface area contributed by atoms with Crippen molar-refractivity contribution >= 4 is 16.9 Å². The van der Waals surface area contributed by atoms with Crippen LogP contribution in [0.25, 0.3) is 11.0 Å². The summed E-state index contributed by atoms with van der Waals surface area (Å²) in [5.74, 6) is -0.0209. The molecule has 0 unspecified atom stereocenters. The monoisotopic (exact) mass is 300 g/mol. The lowest BCUT2D eigenvalue weighted by Gasteiger charge is -2.32. The van der Waals surface area contributed by atoms with Crippen molar-refractivity contribution in [2.24, 2.45) is 0 Å². The van der Waals surface area contributed by atoms with E-state index in [1.165, 1.54) is 0 Å². The highest BCUT2D eigenvalue weighted by Gasteiger charge is 2.48.